The van der Waals surface area contributed by atoms with Crippen molar-refractivity contribution < 1.29 is 4.74 Å². The number of para-hydroxylation sites is 1. The van der Waals surface area contributed by atoms with Crippen molar-refractivity contribution in [3.8, 4) is 0 Å². The fraction of sp³-hybridized carbons (Fsp3) is 0.538. The molecule has 3 heteroatoms. The number of rotatable bonds is 2. The molecule has 1 aromatic rings. The van der Waals surface area contributed by atoms with Gasteiger partial charge in [0.05, 0.1) is 18.8 Å². The van der Waals surface area contributed by atoms with Crippen LogP contribution >= 0.6 is 0 Å². The van der Waals surface area contributed by atoms with Crippen LogP contribution in [0.25, 0.3) is 0 Å². The molecule has 0 unspecified atom stereocenters. The molecule has 88 valence electrons. The van der Waals surface area contributed by atoms with Crippen molar-refractivity contribution in [1.29, 1.82) is 0 Å². The summed E-state index contributed by atoms with van der Waals surface area (Å²) in [5.74, 6) is 0. The number of nitrogens with zero attached hydrogens (tertiary/aromatic N) is 1. The summed E-state index contributed by atoms with van der Waals surface area (Å²) in [4.78, 5) is 2.40. The lowest BCUT2D eigenvalue weighted by Crippen LogP contribution is -2.53. The maximum Gasteiger partial charge on any atom is 0.0694 e. The van der Waals surface area contributed by atoms with Gasteiger partial charge in [0.25, 0.3) is 0 Å². The lowest BCUT2D eigenvalue weighted by molar-refractivity contribution is 0.0643. The number of morpholine rings is 1. The molecule has 0 spiro atoms. The summed E-state index contributed by atoms with van der Waals surface area (Å²) in [6.45, 7) is 7.50. The molecule has 0 amide bonds. The third-order valence-electron chi connectivity index (χ3n) is 3.15. The van der Waals surface area contributed by atoms with E-state index in [2.05, 4.69) is 36.9 Å². The summed E-state index contributed by atoms with van der Waals surface area (Å²) in [5.41, 5.74) is 8.29. The Balaban J connectivity index is 2.34. The highest BCUT2D eigenvalue weighted by Gasteiger charge is 2.31. The summed E-state index contributed by atoms with van der Waals surface area (Å²) >= 11 is 0. The summed E-state index contributed by atoms with van der Waals surface area (Å²) in [5, 5.41) is 0. The highest BCUT2D eigenvalue weighted by atomic mass is 16.5. The SMILES string of the molecule is CC1(C)COCCN1c1ccccc1CN. The fourth-order valence-corrected chi connectivity index (χ4v) is 2.25. The van der Waals surface area contributed by atoms with Crippen LogP contribution in [0.5, 0.6) is 0 Å². The van der Waals surface area contributed by atoms with Crippen LogP contribution in [0.3, 0.4) is 0 Å². The summed E-state index contributed by atoms with van der Waals surface area (Å²) in [6.07, 6.45) is 0. The van der Waals surface area contributed by atoms with E-state index in [0.717, 1.165) is 19.8 Å². The third kappa shape index (κ3) is 2.06. The molecular formula is C13H20N2O. The molecule has 0 bridgehead atoms. The summed E-state index contributed by atoms with van der Waals surface area (Å²) in [7, 11) is 0. The molecule has 1 aliphatic rings. The highest BCUT2D eigenvalue weighted by molar-refractivity contribution is 5.55. The number of hydrogen-bond acceptors (Lipinski definition) is 3. The Labute approximate surface area is 97.2 Å². The molecule has 1 aromatic carbocycles. The second-order valence-corrected chi connectivity index (χ2v) is 4.85. The van der Waals surface area contributed by atoms with Crippen LogP contribution in [0.1, 0.15) is 19.4 Å². The lowest BCUT2D eigenvalue weighted by atomic mass is 9.99. The first kappa shape index (κ1) is 11.4. The van der Waals surface area contributed by atoms with Crippen molar-refractivity contribution in [3.05, 3.63) is 29.8 Å². The first-order valence-electron chi connectivity index (χ1n) is 5.78. The smallest absolute Gasteiger partial charge is 0.0694 e. The number of anilines is 1. The van der Waals surface area contributed by atoms with E-state index in [1.165, 1.54) is 11.3 Å². The second kappa shape index (κ2) is 4.44. The standard InChI is InChI=1S/C13H20N2O/c1-13(2)10-16-8-7-15(13)12-6-4-3-5-11(12)9-14/h3-6H,7-10,14H2,1-2H3. The maximum atomic E-state index is 5.79. The molecule has 2 N–H and O–H groups in total. The van der Waals surface area contributed by atoms with Gasteiger partial charge in [-0.15, -0.1) is 0 Å². The van der Waals surface area contributed by atoms with Crippen LogP contribution in [-0.2, 0) is 11.3 Å². The Morgan fingerprint density at radius 1 is 1.38 bits per heavy atom. The fourth-order valence-electron chi connectivity index (χ4n) is 2.25. The molecule has 0 atom stereocenters. The van der Waals surface area contributed by atoms with Crippen molar-refractivity contribution in [1.82, 2.24) is 0 Å². The van der Waals surface area contributed by atoms with Crippen LogP contribution in [0, 0.1) is 0 Å². The zero-order valence-corrected chi connectivity index (χ0v) is 10.1. The monoisotopic (exact) mass is 220 g/mol. The molecule has 1 fully saturated rings. The molecular weight excluding hydrogens is 200 g/mol. The topological polar surface area (TPSA) is 38.5 Å². The van der Waals surface area contributed by atoms with Crippen LogP contribution in [0.4, 0.5) is 5.69 Å². The number of hydrogen-bond donors (Lipinski definition) is 1. The van der Waals surface area contributed by atoms with Crippen molar-refractivity contribution in [3.63, 3.8) is 0 Å². The molecule has 3 nitrogen and oxygen atoms in total. The third-order valence-corrected chi connectivity index (χ3v) is 3.15. The Morgan fingerprint density at radius 3 is 2.81 bits per heavy atom. The van der Waals surface area contributed by atoms with Gasteiger partial charge in [0, 0.05) is 18.8 Å². The molecule has 1 saturated heterocycles. The number of nitrogens with two attached hydrogens (primary N) is 1. The first-order chi connectivity index (χ1) is 7.65. The van der Waals surface area contributed by atoms with Crippen molar-refractivity contribution in [2.75, 3.05) is 24.7 Å². The Morgan fingerprint density at radius 2 is 2.12 bits per heavy atom. The van der Waals surface area contributed by atoms with E-state index in [1.54, 1.807) is 0 Å². The molecule has 2 rings (SSSR count). The van der Waals surface area contributed by atoms with Crippen molar-refractivity contribution in [2.24, 2.45) is 5.73 Å². The van der Waals surface area contributed by atoms with E-state index in [-0.39, 0.29) is 5.54 Å². The van der Waals surface area contributed by atoms with Gasteiger partial charge in [0.2, 0.25) is 0 Å². The van der Waals surface area contributed by atoms with E-state index < -0.39 is 0 Å². The van der Waals surface area contributed by atoms with E-state index in [1.807, 2.05) is 6.07 Å². The van der Waals surface area contributed by atoms with Gasteiger partial charge in [-0.1, -0.05) is 18.2 Å². The highest BCUT2D eigenvalue weighted by Crippen LogP contribution is 2.29. The minimum absolute atomic E-state index is 0.0452. The molecule has 0 saturated carbocycles. The van der Waals surface area contributed by atoms with Gasteiger partial charge < -0.3 is 15.4 Å². The molecule has 1 aliphatic heterocycles. The van der Waals surface area contributed by atoms with E-state index in [0.29, 0.717) is 6.54 Å². The largest absolute Gasteiger partial charge is 0.377 e. The minimum atomic E-state index is 0.0452. The van der Waals surface area contributed by atoms with Crippen molar-refractivity contribution >= 4 is 5.69 Å². The zero-order chi connectivity index (χ0) is 11.6. The Bertz CT molecular complexity index is 363. The van der Waals surface area contributed by atoms with Gasteiger partial charge in [0.15, 0.2) is 0 Å². The Hall–Kier alpha value is -1.06. The van der Waals surface area contributed by atoms with E-state index in [9.17, 15) is 0 Å². The van der Waals surface area contributed by atoms with Crippen LogP contribution < -0.4 is 10.6 Å². The zero-order valence-electron chi connectivity index (χ0n) is 10.1. The molecule has 0 aromatic heterocycles. The van der Waals surface area contributed by atoms with Crippen molar-refractivity contribution in [2.45, 2.75) is 25.9 Å². The number of benzene rings is 1. The van der Waals surface area contributed by atoms with Gasteiger partial charge in [-0.25, -0.2) is 0 Å². The molecule has 1 heterocycles. The van der Waals surface area contributed by atoms with Crippen LogP contribution in [0.15, 0.2) is 24.3 Å². The maximum absolute atomic E-state index is 5.79. The summed E-state index contributed by atoms with van der Waals surface area (Å²) in [6, 6.07) is 8.36. The van der Waals surface area contributed by atoms with Gasteiger partial charge in [-0.05, 0) is 25.5 Å². The predicted octanol–water partition coefficient (Wildman–Crippen LogP) is 1.76. The predicted molar refractivity (Wildman–Crippen MR) is 66.6 cm³/mol. The van der Waals surface area contributed by atoms with Gasteiger partial charge in [0.1, 0.15) is 0 Å². The quantitative estimate of drug-likeness (QED) is 0.825. The average molecular weight is 220 g/mol. The van der Waals surface area contributed by atoms with Gasteiger partial charge >= 0.3 is 0 Å². The number of ether oxygens (including phenoxy) is 1. The second-order valence-electron chi connectivity index (χ2n) is 4.85. The van der Waals surface area contributed by atoms with Gasteiger partial charge in [-0.2, -0.15) is 0 Å². The molecule has 16 heavy (non-hydrogen) atoms. The Kier molecular flexibility index (Phi) is 3.17. The molecule has 0 aliphatic carbocycles. The first-order valence-corrected chi connectivity index (χ1v) is 5.78. The minimum Gasteiger partial charge on any atom is -0.377 e. The molecule has 0 radical (unpaired) electrons. The summed E-state index contributed by atoms with van der Waals surface area (Å²) < 4.78 is 5.54. The van der Waals surface area contributed by atoms with Gasteiger partial charge in [-0.3, -0.25) is 0 Å². The van der Waals surface area contributed by atoms with Crippen LogP contribution in [-0.4, -0.2) is 25.3 Å². The normalized spacial score (nSPS) is 19.8. The average Bonchev–Trinajstić information content (AvgIpc) is 2.28. The van der Waals surface area contributed by atoms with E-state index in [4.69, 9.17) is 10.5 Å². The van der Waals surface area contributed by atoms with E-state index >= 15 is 0 Å². The lowest BCUT2D eigenvalue weighted by Gasteiger charge is -2.44. The van der Waals surface area contributed by atoms with Crippen LogP contribution in [0.2, 0.25) is 0 Å².